The van der Waals surface area contributed by atoms with Crippen LogP contribution in [0.2, 0.25) is 0 Å². The van der Waals surface area contributed by atoms with E-state index in [9.17, 15) is 26.4 Å². The van der Waals surface area contributed by atoms with E-state index in [-0.39, 0.29) is 23.8 Å². The number of halogens is 3. The zero-order valence-electron chi connectivity index (χ0n) is 19.7. The van der Waals surface area contributed by atoms with Gasteiger partial charge >= 0.3 is 6.18 Å². The molecule has 2 heterocycles. The molecule has 1 saturated heterocycles. The van der Waals surface area contributed by atoms with Crippen molar-refractivity contribution in [1.29, 1.82) is 0 Å². The SMILES string of the molecule is O=C(CCc1ccc(-c2ccc(C(F)(F)F)cc2)cc1)[C@@H]1CCCN1S(=O)(=O)c1cc2ccccc2o1. The molecule has 1 aliphatic heterocycles. The fourth-order valence-electron chi connectivity index (χ4n) is 4.70. The Morgan fingerprint density at radius 3 is 2.24 bits per heavy atom. The molecule has 5 nitrogen and oxygen atoms in total. The number of carbonyl (C=O) groups is 1. The summed E-state index contributed by atoms with van der Waals surface area (Å²) in [6, 6.07) is 20.0. The molecule has 3 aromatic carbocycles. The lowest BCUT2D eigenvalue weighted by Gasteiger charge is -2.21. The molecule has 0 radical (unpaired) electrons. The number of Topliss-reactive ketones (excluding diaryl/α,β-unsaturated/α-hetero) is 1. The smallest absolute Gasteiger partial charge is 0.416 e. The van der Waals surface area contributed by atoms with Crippen molar-refractivity contribution in [1.82, 2.24) is 4.31 Å². The van der Waals surface area contributed by atoms with Gasteiger partial charge in [0.05, 0.1) is 11.6 Å². The van der Waals surface area contributed by atoms with Gasteiger partial charge in [-0.25, -0.2) is 8.42 Å². The van der Waals surface area contributed by atoms with Crippen LogP contribution in [0.1, 0.15) is 30.4 Å². The summed E-state index contributed by atoms with van der Waals surface area (Å²) in [7, 11) is -3.95. The number of aryl methyl sites for hydroxylation is 1. The summed E-state index contributed by atoms with van der Waals surface area (Å²) in [5, 5.41) is 0.523. The van der Waals surface area contributed by atoms with E-state index in [4.69, 9.17) is 4.42 Å². The molecule has 9 heteroatoms. The summed E-state index contributed by atoms with van der Waals surface area (Å²) in [6.45, 7) is 0.262. The van der Waals surface area contributed by atoms with Crippen molar-refractivity contribution >= 4 is 26.8 Å². The van der Waals surface area contributed by atoms with Gasteiger partial charge in [0.15, 0.2) is 5.78 Å². The first-order valence-corrected chi connectivity index (χ1v) is 13.4. The molecule has 4 aromatic rings. The van der Waals surface area contributed by atoms with Crippen molar-refractivity contribution < 1.29 is 30.8 Å². The Labute approximate surface area is 212 Å². The summed E-state index contributed by atoms with van der Waals surface area (Å²) >= 11 is 0. The van der Waals surface area contributed by atoms with Crippen molar-refractivity contribution in [2.75, 3.05) is 6.54 Å². The maximum absolute atomic E-state index is 13.3. The third kappa shape index (κ3) is 5.19. The Bertz CT molecular complexity index is 1490. The Morgan fingerprint density at radius 1 is 0.946 bits per heavy atom. The van der Waals surface area contributed by atoms with Crippen molar-refractivity contribution in [3.8, 4) is 11.1 Å². The van der Waals surface area contributed by atoms with Gasteiger partial charge in [0.25, 0.3) is 10.0 Å². The predicted octanol–water partition coefficient (Wildman–Crippen LogP) is 6.47. The highest BCUT2D eigenvalue weighted by atomic mass is 32.2. The largest absolute Gasteiger partial charge is 0.443 e. The molecule has 0 saturated carbocycles. The fraction of sp³-hybridized carbons (Fsp3) is 0.250. The summed E-state index contributed by atoms with van der Waals surface area (Å²) < 4.78 is 71.7. The van der Waals surface area contributed by atoms with Crippen LogP contribution in [0.25, 0.3) is 22.1 Å². The molecule has 0 spiro atoms. The van der Waals surface area contributed by atoms with Crippen LogP contribution in [0, 0.1) is 0 Å². The molecule has 0 aliphatic carbocycles. The first-order valence-electron chi connectivity index (χ1n) is 11.9. The number of hydrogen-bond acceptors (Lipinski definition) is 4. The number of furan rings is 1. The van der Waals surface area contributed by atoms with Crippen LogP contribution in [0.15, 0.2) is 88.4 Å². The lowest BCUT2D eigenvalue weighted by atomic mass is 9.99. The molecule has 5 rings (SSSR count). The molecule has 1 atom stereocenters. The number of benzene rings is 3. The summed E-state index contributed by atoms with van der Waals surface area (Å²) in [5.74, 6) is -0.149. The van der Waals surface area contributed by atoms with Gasteiger partial charge in [-0.1, -0.05) is 54.6 Å². The molecule has 37 heavy (non-hydrogen) atoms. The molecule has 0 N–H and O–H groups in total. The zero-order chi connectivity index (χ0) is 26.2. The molecule has 1 aromatic heterocycles. The van der Waals surface area contributed by atoms with Gasteiger partial charge in [-0.3, -0.25) is 4.79 Å². The van der Waals surface area contributed by atoms with Crippen LogP contribution >= 0.6 is 0 Å². The van der Waals surface area contributed by atoms with E-state index in [1.807, 2.05) is 12.1 Å². The van der Waals surface area contributed by atoms with E-state index in [1.165, 1.54) is 22.5 Å². The van der Waals surface area contributed by atoms with Crippen LogP contribution < -0.4 is 0 Å². The van der Waals surface area contributed by atoms with E-state index in [2.05, 4.69) is 0 Å². The number of carbonyl (C=O) groups excluding carboxylic acids is 1. The number of ketones is 1. The Balaban J connectivity index is 1.24. The predicted molar refractivity (Wildman–Crippen MR) is 133 cm³/mol. The van der Waals surface area contributed by atoms with Crippen LogP contribution in [0.3, 0.4) is 0 Å². The van der Waals surface area contributed by atoms with Crippen molar-refractivity contribution in [3.05, 3.63) is 90.0 Å². The van der Waals surface area contributed by atoms with Gasteiger partial charge in [0.2, 0.25) is 5.09 Å². The minimum atomic E-state index is -4.38. The van der Waals surface area contributed by atoms with Gasteiger partial charge in [-0.15, -0.1) is 0 Å². The third-order valence-electron chi connectivity index (χ3n) is 6.70. The zero-order valence-corrected chi connectivity index (χ0v) is 20.6. The fourth-order valence-corrected chi connectivity index (χ4v) is 6.33. The Hall–Kier alpha value is -3.43. The number of sulfonamides is 1. The lowest BCUT2D eigenvalue weighted by molar-refractivity contribution is -0.137. The summed E-state index contributed by atoms with van der Waals surface area (Å²) in [5.41, 5.74) is 2.09. The van der Waals surface area contributed by atoms with E-state index in [1.54, 1.807) is 36.4 Å². The van der Waals surface area contributed by atoms with Gasteiger partial charge in [-0.2, -0.15) is 17.5 Å². The van der Waals surface area contributed by atoms with E-state index in [0.29, 0.717) is 35.8 Å². The van der Waals surface area contributed by atoms with E-state index < -0.39 is 27.8 Å². The molecule has 0 unspecified atom stereocenters. The number of alkyl halides is 3. The Kier molecular flexibility index (Phi) is 6.68. The average Bonchev–Trinajstić information content (AvgIpc) is 3.56. The second-order valence-corrected chi connectivity index (χ2v) is 10.9. The normalized spacial score (nSPS) is 16.9. The molecule has 1 aliphatic rings. The highest BCUT2D eigenvalue weighted by molar-refractivity contribution is 7.89. The number of para-hydroxylation sites is 1. The number of fused-ring (bicyclic) bond motifs is 1. The topological polar surface area (TPSA) is 67.6 Å². The highest BCUT2D eigenvalue weighted by Crippen LogP contribution is 2.32. The summed E-state index contributed by atoms with van der Waals surface area (Å²) in [6.07, 6.45) is -2.71. The first kappa shape index (κ1) is 25.2. The van der Waals surface area contributed by atoms with Gasteiger partial charge in [0.1, 0.15) is 5.58 Å². The second-order valence-electron chi connectivity index (χ2n) is 9.12. The number of rotatable bonds is 7. The van der Waals surface area contributed by atoms with Crippen LogP contribution in [-0.4, -0.2) is 31.1 Å². The van der Waals surface area contributed by atoms with Crippen molar-refractivity contribution in [2.24, 2.45) is 0 Å². The third-order valence-corrected chi connectivity index (χ3v) is 8.46. The standard InChI is InChI=1S/C28H24F3NO4S/c29-28(30,31)23-14-12-21(13-15-23)20-10-7-19(8-11-20)9-16-25(33)24-5-3-17-32(24)37(34,35)27-18-22-4-1-2-6-26(22)36-27/h1-2,4,6-8,10-15,18,24H,3,5,9,16-17H2/t24-/m0/s1. The highest BCUT2D eigenvalue weighted by Gasteiger charge is 2.40. The maximum Gasteiger partial charge on any atom is 0.416 e. The van der Waals surface area contributed by atoms with Crippen molar-refractivity contribution in [2.45, 2.75) is 43.0 Å². The molecule has 0 bridgehead atoms. The van der Waals surface area contributed by atoms with Crippen LogP contribution in [0.5, 0.6) is 0 Å². The minimum Gasteiger partial charge on any atom is -0.443 e. The maximum atomic E-state index is 13.3. The van der Waals surface area contributed by atoms with Crippen LogP contribution in [0.4, 0.5) is 13.2 Å². The quantitative estimate of drug-likeness (QED) is 0.276. The molecule has 0 amide bonds. The number of hydrogen-bond donors (Lipinski definition) is 0. The number of nitrogens with zero attached hydrogens (tertiary/aromatic N) is 1. The van der Waals surface area contributed by atoms with Gasteiger partial charge in [-0.05, 0) is 54.2 Å². The minimum absolute atomic E-state index is 0.149. The first-order chi connectivity index (χ1) is 17.6. The molecule has 192 valence electrons. The van der Waals surface area contributed by atoms with E-state index in [0.717, 1.165) is 23.3 Å². The Morgan fingerprint density at radius 2 is 1.59 bits per heavy atom. The van der Waals surface area contributed by atoms with Crippen LogP contribution in [-0.2, 0) is 27.4 Å². The second kappa shape index (κ2) is 9.79. The van der Waals surface area contributed by atoms with Crippen molar-refractivity contribution in [3.63, 3.8) is 0 Å². The average molecular weight is 528 g/mol. The molecular weight excluding hydrogens is 503 g/mol. The summed E-state index contributed by atoms with van der Waals surface area (Å²) in [4.78, 5) is 13.1. The monoisotopic (exact) mass is 527 g/mol. The lowest BCUT2D eigenvalue weighted by Crippen LogP contribution is -2.40. The van der Waals surface area contributed by atoms with E-state index >= 15 is 0 Å². The van der Waals surface area contributed by atoms with Gasteiger partial charge in [0, 0.05) is 24.4 Å². The van der Waals surface area contributed by atoms with Gasteiger partial charge < -0.3 is 4.42 Å². The molecule has 1 fully saturated rings. The molecular formula is C28H24F3NO4S.